The van der Waals surface area contributed by atoms with Crippen LogP contribution in [0.1, 0.15) is 26.2 Å². The molecule has 0 saturated carbocycles. The van der Waals surface area contributed by atoms with Gasteiger partial charge in [-0.15, -0.1) is 0 Å². The fourth-order valence-electron chi connectivity index (χ4n) is 2.41. The van der Waals surface area contributed by atoms with Gasteiger partial charge in [0.2, 0.25) is 0 Å². The van der Waals surface area contributed by atoms with E-state index in [0.717, 1.165) is 25.9 Å². The van der Waals surface area contributed by atoms with Crippen LogP contribution in [-0.2, 0) is 19.1 Å². The van der Waals surface area contributed by atoms with Gasteiger partial charge in [0.25, 0.3) is 0 Å². The van der Waals surface area contributed by atoms with Gasteiger partial charge in [0, 0.05) is 31.7 Å². The molecule has 2 saturated heterocycles. The molecule has 0 aromatic rings. The summed E-state index contributed by atoms with van der Waals surface area (Å²) in [5.41, 5.74) is -0.0942. The van der Waals surface area contributed by atoms with Crippen LogP contribution in [0, 0.1) is 0 Å². The maximum Gasteiger partial charge on any atom is 0.328 e. The monoisotopic (exact) mass is 299 g/mol. The Balaban J connectivity index is 0.000000240. The Bertz CT molecular complexity index is 421. The average Bonchev–Trinajstić information content (AvgIpc) is 2.67. The molecule has 2 aliphatic heterocycles. The van der Waals surface area contributed by atoms with Crippen LogP contribution < -0.4 is 0 Å². The molecule has 2 rings (SSSR count). The van der Waals surface area contributed by atoms with E-state index in [1.807, 2.05) is 6.92 Å². The van der Waals surface area contributed by atoms with Crippen LogP contribution in [0.2, 0.25) is 0 Å². The molecule has 0 aliphatic carbocycles. The van der Waals surface area contributed by atoms with Crippen molar-refractivity contribution in [1.82, 2.24) is 4.90 Å². The van der Waals surface area contributed by atoms with Crippen molar-refractivity contribution < 1.29 is 29.3 Å². The molecule has 0 amide bonds. The molecule has 2 fully saturated rings. The first-order chi connectivity index (χ1) is 9.74. The number of carboxylic acids is 2. The van der Waals surface area contributed by atoms with Crippen LogP contribution in [0.15, 0.2) is 12.2 Å². The number of likely N-dealkylation sites (tertiary alicyclic amines) is 1. The first kappa shape index (κ1) is 17.3. The molecule has 7 heteroatoms. The van der Waals surface area contributed by atoms with Crippen molar-refractivity contribution in [2.45, 2.75) is 37.9 Å². The van der Waals surface area contributed by atoms with E-state index in [9.17, 15) is 14.4 Å². The van der Waals surface area contributed by atoms with Crippen molar-refractivity contribution in [2.24, 2.45) is 0 Å². The lowest BCUT2D eigenvalue weighted by Crippen LogP contribution is -2.42. The van der Waals surface area contributed by atoms with Crippen molar-refractivity contribution in [1.29, 1.82) is 0 Å². The molecule has 0 aromatic carbocycles. The molecule has 1 unspecified atom stereocenters. The van der Waals surface area contributed by atoms with E-state index in [1.54, 1.807) is 0 Å². The molecule has 0 bridgehead atoms. The zero-order valence-corrected chi connectivity index (χ0v) is 12.2. The van der Waals surface area contributed by atoms with Crippen LogP contribution in [0.4, 0.5) is 0 Å². The summed E-state index contributed by atoms with van der Waals surface area (Å²) in [6.45, 7) is 3.98. The second-order valence-corrected chi connectivity index (χ2v) is 5.40. The maximum atomic E-state index is 11.4. The molecule has 0 aromatic heterocycles. The number of carbonyl (C=O) groups excluding carboxylic acids is 1. The summed E-state index contributed by atoms with van der Waals surface area (Å²) in [6, 6.07) is 0. The van der Waals surface area contributed by atoms with E-state index < -0.39 is 11.9 Å². The van der Waals surface area contributed by atoms with Gasteiger partial charge in [-0.1, -0.05) is 0 Å². The smallest absolute Gasteiger partial charge is 0.328 e. The molecule has 2 N–H and O–H groups in total. The fourth-order valence-corrected chi connectivity index (χ4v) is 2.41. The number of hydrogen-bond donors (Lipinski definition) is 2. The Morgan fingerprint density at radius 2 is 1.71 bits per heavy atom. The van der Waals surface area contributed by atoms with Gasteiger partial charge in [-0.05, 0) is 26.8 Å². The predicted molar refractivity (Wildman–Crippen MR) is 74.0 cm³/mol. The van der Waals surface area contributed by atoms with Crippen molar-refractivity contribution >= 4 is 17.7 Å². The number of aliphatic carboxylic acids is 2. The van der Waals surface area contributed by atoms with Crippen molar-refractivity contribution in [2.75, 3.05) is 20.1 Å². The minimum atomic E-state index is -1.26. The summed E-state index contributed by atoms with van der Waals surface area (Å²) in [4.78, 5) is 32.8. The molecule has 21 heavy (non-hydrogen) atoms. The topological polar surface area (TPSA) is 104 Å². The maximum absolute atomic E-state index is 11.4. The van der Waals surface area contributed by atoms with E-state index in [2.05, 4.69) is 11.9 Å². The fraction of sp³-hybridized carbons (Fsp3) is 0.643. The molecular formula is C14H21NO6. The third-order valence-electron chi connectivity index (χ3n) is 3.64. The molecule has 1 spiro atoms. The Morgan fingerprint density at radius 1 is 1.24 bits per heavy atom. The Morgan fingerprint density at radius 3 is 2.05 bits per heavy atom. The van der Waals surface area contributed by atoms with Crippen LogP contribution in [0.5, 0.6) is 0 Å². The minimum absolute atomic E-state index is 0.0942. The Kier molecular flexibility index (Phi) is 6.04. The number of nitrogens with zero attached hydrogens (tertiary/aromatic N) is 1. The number of rotatable bonds is 2. The summed E-state index contributed by atoms with van der Waals surface area (Å²) in [6.07, 6.45) is 3.62. The van der Waals surface area contributed by atoms with Gasteiger partial charge in [-0.25, -0.2) is 9.59 Å². The third kappa shape index (κ3) is 5.65. The number of ketones is 1. The quantitative estimate of drug-likeness (QED) is 0.717. The van der Waals surface area contributed by atoms with Crippen LogP contribution in [0.25, 0.3) is 0 Å². The predicted octanol–water partition coefficient (Wildman–Crippen LogP) is 0.541. The molecule has 2 aliphatic rings. The minimum Gasteiger partial charge on any atom is -0.478 e. The van der Waals surface area contributed by atoms with E-state index in [1.165, 1.54) is 0 Å². The number of carboxylic acid groups (broad SMARTS) is 2. The highest BCUT2D eigenvalue weighted by molar-refractivity contribution is 5.89. The number of piperidine rings is 1. The number of Topliss-reactive ketones (excluding diaryl/α,β-unsaturated/α-hetero) is 1. The summed E-state index contributed by atoms with van der Waals surface area (Å²) in [5.74, 6) is -2.23. The molecule has 7 nitrogen and oxygen atoms in total. The summed E-state index contributed by atoms with van der Waals surface area (Å²) < 4.78 is 5.77. The Labute approximate surface area is 123 Å². The van der Waals surface area contributed by atoms with Gasteiger partial charge in [0.05, 0.1) is 5.60 Å². The lowest BCUT2D eigenvalue weighted by atomic mass is 9.88. The van der Waals surface area contributed by atoms with E-state index >= 15 is 0 Å². The third-order valence-corrected chi connectivity index (χ3v) is 3.64. The van der Waals surface area contributed by atoms with E-state index in [4.69, 9.17) is 14.9 Å². The average molecular weight is 299 g/mol. The number of ether oxygens (including phenoxy) is 1. The first-order valence-electron chi connectivity index (χ1n) is 6.77. The largest absolute Gasteiger partial charge is 0.478 e. The second kappa shape index (κ2) is 7.33. The van der Waals surface area contributed by atoms with E-state index in [-0.39, 0.29) is 17.5 Å². The normalized spacial score (nSPS) is 24.9. The van der Waals surface area contributed by atoms with Crippen molar-refractivity contribution in [3.05, 3.63) is 12.2 Å². The molecule has 118 valence electrons. The van der Waals surface area contributed by atoms with Crippen molar-refractivity contribution in [3.8, 4) is 0 Å². The Hall–Kier alpha value is -1.73. The molecule has 0 radical (unpaired) electrons. The second-order valence-electron chi connectivity index (χ2n) is 5.40. The zero-order chi connectivity index (χ0) is 16.0. The standard InChI is InChI=1S/C10H17NO2.C4H4O4/c1-8-9(12)7-10(13-8)3-5-11(2)6-4-10;5-3(6)1-2-4(7)8/h8H,3-7H2,1-2H3;1-2H,(H,5,6)(H,7,8)/b;2-1+. The van der Waals surface area contributed by atoms with Gasteiger partial charge < -0.3 is 19.8 Å². The molecule has 1 atom stereocenters. The van der Waals surface area contributed by atoms with Crippen molar-refractivity contribution in [3.63, 3.8) is 0 Å². The SMILES string of the molecule is CC1OC2(CCN(C)CC2)CC1=O.O=C(O)/C=C/C(=O)O. The zero-order valence-electron chi connectivity index (χ0n) is 12.2. The highest BCUT2D eigenvalue weighted by Crippen LogP contribution is 2.36. The van der Waals surface area contributed by atoms with Crippen LogP contribution in [0.3, 0.4) is 0 Å². The van der Waals surface area contributed by atoms with Gasteiger partial charge in [0.1, 0.15) is 6.10 Å². The highest BCUT2D eigenvalue weighted by Gasteiger charge is 2.44. The summed E-state index contributed by atoms with van der Waals surface area (Å²) >= 11 is 0. The first-order valence-corrected chi connectivity index (χ1v) is 6.77. The summed E-state index contributed by atoms with van der Waals surface area (Å²) in [5, 5.41) is 15.6. The van der Waals surface area contributed by atoms with Gasteiger partial charge in [-0.2, -0.15) is 0 Å². The highest BCUT2D eigenvalue weighted by atomic mass is 16.5. The van der Waals surface area contributed by atoms with E-state index in [0.29, 0.717) is 18.6 Å². The molecule has 2 heterocycles. The van der Waals surface area contributed by atoms with Gasteiger partial charge in [-0.3, -0.25) is 4.79 Å². The van der Waals surface area contributed by atoms with Gasteiger partial charge >= 0.3 is 11.9 Å². The van der Waals surface area contributed by atoms with Crippen LogP contribution >= 0.6 is 0 Å². The summed E-state index contributed by atoms with van der Waals surface area (Å²) in [7, 11) is 2.12. The van der Waals surface area contributed by atoms with Gasteiger partial charge in [0.15, 0.2) is 5.78 Å². The number of hydrogen-bond acceptors (Lipinski definition) is 5. The lowest BCUT2D eigenvalue weighted by molar-refractivity contribution is -0.134. The number of carbonyl (C=O) groups is 3. The molecular weight excluding hydrogens is 278 g/mol. The van der Waals surface area contributed by atoms with Crippen LogP contribution in [-0.4, -0.2) is 64.7 Å². The lowest BCUT2D eigenvalue weighted by Gasteiger charge is -2.36.